The van der Waals surface area contributed by atoms with Gasteiger partial charge in [-0.25, -0.2) is 5.10 Å². The van der Waals surface area contributed by atoms with Crippen molar-refractivity contribution in [3.8, 4) is 11.5 Å². The predicted molar refractivity (Wildman–Crippen MR) is 78.4 cm³/mol. The van der Waals surface area contributed by atoms with Crippen LogP contribution in [0.5, 0.6) is 0 Å². The maximum Gasteiger partial charge on any atom is 0.284 e. The molecule has 21 heavy (non-hydrogen) atoms. The second kappa shape index (κ2) is 5.79. The van der Waals surface area contributed by atoms with E-state index in [-0.39, 0.29) is 22.9 Å². The minimum absolute atomic E-state index is 0.0570. The van der Waals surface area contributed by atoms with Crippen molar-refractivity contribution >= 4 is 18.1 Å². The van der Waals surface area contributed by atoms with Crippen LogP contribution in [0.15, 0.2) is 28.7 Å². The molecule has 1 aromatic heterocycles. The van der Waals surface area contributed by atoms with Gasteiger partial charge < -0.3 is 14.5 Å². The summed E-state index contributed by atoms with van der Waals surface area (Å²) < 4.78 is 10.7. The van der Waals surface area contributed by atoms with Crippen molar-refractivity contribution in [1.82, 2.24) is 15.5 Å². The third-order valence-corrected chi connectivity index (χ3v) is 3.70. The number of carbonyl (C=O) groups excluding carboxylic acids is 1. The van der Waals surface area contributed by atoms with E-state index in [1.54, 1.807) is 24.3 Å². The average molecular weight is 305 g/mol. The summed E-state index contributed by atoms with van der Waals surface area (Å²) in [6.07, 6.45) is 0.903. The second-order valence-corrected chi connectivity index (χ2v) is 5.31. The van der Waals surface area contributed by atoms with Crippen molar-refractivity contribution in [1.29, 1.82) is 0 Å². The molecule has 2 aromatic rings. The van der Waals surface area contributed by atoms with E-state index in [0.29, 0.717) is 18.1 Å². The summed E-state index contributed by atoms with van der Waals surface area (Å²) in [5.74, 6) is 0.302. The van der Waals surface area contributed by atoms with Gasteiger partial charge in [-0.15, -0.1) is 5.10 Å². The van der Waals surface area contributed by atoms with Crippen molar-refractivity contribution in [2.24, 2.45) is 0 Å². The minimum Gasteiger partial charge on any atom is -0.409 e. The SMILES string of the molecule is C[C@H]1OCC[C@@H]1NC(=O)c1ccc(-c2n[nH]c(=S)o2)cc1. The Morgan fingerprint density at radius 2 is 2.19 bits per heavy atom. The molecule has 1 aliphatic rings. The summed E-state index contributed by atoms with van der Waals surface area (Å²) >= 11 is 4.83. The van der Waals surface area contributed by atoms with E-state index in [0.717, 1.165) is 12.0 Å². The number of hydrogen-bond acceptors (Lipinski definition) is 5. The Hall–Kier alpha value is -1.99. The highest BCUT2D eigenvalue weighted by molar-refractivity contribution is 7.71. The Morgan fingerprint density at radius 3 is 2.76 bits per heavy atom. The summed E-state index contributed by atoms with van der Waals surface area (Å²) in [5.41, 5.74) is 1.35. The molecular weight excluding hydrogens is 290 g/mol. The molecule has 1 saturated heterocycles. The van der Waals surface area contributed by atoms with Gasteiger partial charge >= 0.3 is 0 Å². The van der Waals surface area contributed by atoms with E-state index in [2.05, 4.69) is 15.5 Å². The molecule has 1 aromatic carbocycles. The van der Waals surface area contributed by atoms with Crippen LogP contribution in [-0.2, 0) is 4.74 Å². The molecule has 3 rings (SSSR count). The van der Waals surface area contributed by atoms with Crippen molar-refractivity contribution in [2.45, 2.75) is 25.5 Å². The zero-order valence-corrected chi connectivity index (χ0v) is 12.3. The van der Waals surface area contributed by atoms with E-state index < -0.39 is 0 Å². The number of hydrogen-bond donors (Lipinski definition) is 2. The van der Waals surface area contributed by atoms with Crippen LogP contribution in [0, 0.1) is 4.84 Å². The van der Waals surface area contributed by atoms with Gasteiger partial charge in [-0.2, -0.15) is 0 Å². The number of rotatable bonds is 3. The molecule has 0 spiro atoms. The maximum absolute atomic E-state index is 12.2. The summed E-state index contributed by atoms with van der Waals surface area (Å²) in [4.78, 5) is 12.4. The fourth-order valence-electron chi connectivity index (χ4n) is 2.29. The lowest BCUT2D eigenvalue weighted by Gasteiger charge is -2.15. The average Bonchev–Trinajstić information content (AvgIpc) is 3.08. The summed E-state index contributed by atoms with van der Waals surface area (Å²) in [5, 5.41) is 9.49. The topological polar surface area (TPSA) is 80.1 Å². The fraction of sp³-hybridized carbons (Fsp3) is 0.357. The van der Waals surface area contributed by atoms with Crippen LogP contribution in [0.2, 0.25) is 0 Å². The molecule has 0 saturated carbocycles. The zero-order chi connectivity index (χ0) is 14.8. The second-order valence-electron chi connectivity index (χ2n) is 4.94. The highest BCUT2D eigenvalue weighted by atomic mass is 32.1. The number of nitrogens with zero attached hydrogens (tertiary/aromatic N) is 1. The molecule has 110 valence electrons. The van der Waals surface area contributed by atoms with Crippen molar-refractivity contribution in [2.75, 3.05) is 6.61 Å². The number of H-pyrrole nitrogens is 1. The van der Waals surface area contributed by atoms with E-state index >= 15 is 0 Å². The van der Waals surface area contributed by atoms with Crippen LogP contribution in [0.4, 0.5) is 0 Å². The molecule has 1 aliphatic heterocycles. The van der Waals surface area contributed by atoms with E-state index in [4.69, 9.17) is 21.4 Å². The monoisotopic (exact) mass is 305 g/mol. The van der Waals surface area contributed by atoms with Crippen LogP contribution < -0.4 is 5.32 Å². The molecule has 0 aliphatic carbocycles. The molecule has 6 nitrogen and oxygen atoms in total. The van der Waals surface area contributed by atoms with Gasteiger partial charge in [0.15, 0.2) is 0 Å². The molecule has 0 unspecified atom stereocenters. The molecule has 2 N–H and O–H groups in total. The lowest BCUT2D eigenvalue weighted by molar-refractivity contribution is 0.0866. The van der Waals surface area contributed by atoms with Crippen LogP contribution in [0.1, 0.15) is 23.7 Å². The minimum atomic E-state index is -0.105. The normalized spacial score (nSPS) is 21.4. The first-order valence-corrected chi connectivity index (χ1v) is 7.13. The summed E-state index contributed by atoms with van der Waals surface area (Å²) in [7, 11) is 0. The molecule has 2 atom stereocenters. The standard InChI is InChI=1S/C14H15N3O3S/c1-8-11(6-7-19-8)15-12(18)9-2-4-10(5-3-9)13-16-17-14(21)20-13/h2-5,8,11H,6-7H2,1H3,(H,15,18)(H,17,21)/t8-,11+/m1/s1. The van der Waals surface area contributed by atoms with Gasteiger partial charge in [0.05, 0.1) is 12.1 Å². The first kappa shape index (κ1) is 14.0. The Morgan fingerprint density at radius 1 is 1.43 bits per heavy atom. The quantitative estimate of drug-likeness (QED) is 0.851. The third kappa shape index (κ3) is 3.03. The van der Waals surface area contributed by atoms with Crippen LogP contribution in [0.25, 0.3) is 11.5 Å². The molecule has 7 heteroatoms. The number of nitrogens with one attached hydrogen (secondary N) is 2. The maximum atomic E-state index is 12.2. The molecule has 1 fully saturated rings. The zero-order valence-electron chi connectivity index (χ0n) is 11.5. The first-order chi connectivity index (χ1) is 10.1. The Balaban J connectivity index is 1.71. The van der Waals surface area contributed by atoms with E-state index in [1.807, 2.05) is 6.92 Å². The smallest absolute Gasteiger partial charge is 0.284 e. The number of carbonyl (C=O) groups is 1. The largest absolute Gasteiger partial charge is 0.409 e. The van der Waals surface area contributed by atoms with Gasteiger partial charge in [0.25, 0.3) is 10.7 Å². The van der Waals surface area contributed by atoms with Gasteiger partial charge in [-0.3, -0.25) is 4.79 Å². The van der Waals surface area contributed by atoms with Gasteiger partial charge in [0, 0.05) is 17.7 Å². The Bertz CT molecular complexity index is 692. The lowest BCUT2D eigenvalue weighted by Crippen LogP contribution is -2.39. The summed E-state index contributed by atoms with van der Waals surface area (Å²) in [6.45, 7) is 2.65. The highest BCUT2D eigenvalue weighted by Crippen LogP contribution is 2.18. The first-order valence-electron chi connectivity index (χ1n) is 6.72. The number of amides is 1. The summed E-state index contributed by atoms with van der Waals surface area (Å²) in [6, 6.07) is 7.09. The van der Waals surface area contributed by atoms with Crippen LogP contribution in [-0.4, -0.2) is 34.9 Å². The number of aromatic amines is 1. The molecular formula is C14H15N3O3S. The van der Waals surface area contributed by atoms with Crippen molar-refractivity contribution in [3.63, 3.8) is 0 Å². The number of ether oxygens (including phenoxy) is 1. The Kier molecular flexibility index (Phi) is 3.85. The molecule has 0 radical (unpaired) electrons. The molecule has 2 heterocycles. The highest BCUT2D eigenvalue weighted by Gasteiger charge is 2.25. The number of benzene rings is 1. The number of aromatic nitrogens is 2. The lowest BCUT2D eigenvalue weighted by atomic mass is 10.1. The predicted octanol–water partition coefficient (Wildman–Crippen LogP) is 2.31. The van der Waals surface area contributed by atoms with Crippen molar-refractivity contribution in [3.05, 3.63) is 34.7 Å². The van der Waals surface area contributed by atoms with Gasteiger partial charge in [0.1, 0.15) is 0 Å². The third-order valence-electron chi connectivity index (χ3n) is 3.52. The van der Waals surface area contributed by atoms with Crippen LogP contribution in [0.3, 0.4) is 0 Å². The van der Waals surface area contributed by atoms with E-state index in [1.165, 1.54) is 0 Å². The molecule has 1 amide bonds. The van der Waals surface area contributed by atoms with Crippen molar-refractivity contribution < 1.29 is 13.9 Å². The molecule has 0 bridgehead atoms. The van der Waals surface area contributed by atoms with E-state index in [9.17, 15) is 4.79 Å². The fourth-order valence-corrected chi connectivity index (χ4v) is 2.42. The van der Waals surface area contributed by atoms with Gasteiger partial charge in [-0.1, -0.05) is 0 Å². The van der Waals surface area contributed by atoms with Crippen LogP contribution >= 0.6 is 12.2 Å². The van der Waals surface area contributed by atoms with Gasteiger partial charge in [-0.05, 0) is 49.8 Å². The Labute approximate surface area is 126 Å². The van der Waals surface area contributed by atoms with Gasteiger partial charge in [0.2, 0.25) is 5.89 Å².